The molecule has 1 unspecified atom stereocenters. The van der Waals surface area contributed by atoms with Crippen LogP contribution in [0.25, 0.3) is 0 Å². The van der Waals surface area contributed by atoms with Crippen LogP contribution in [0.2, 0.25) is 0 Å². The van der Waals surface area contributed by atoms with Crippen LogP contribution in [0, 0.1) is 17.3 Å². The number of carbonyl (C=O) groups is 1. The maximum Gasteiger partial charge on any atom is 0.220 e. The minimum Gasteiger partial charge on any atom is -0.385 e. The van der Waals surface area contributed by atoms with Gasteiger partial charge in [0.25, 0.3) is 0 Å². The monoisotopic (exact) mass is 272 g/mol. The van der Waals surface area contributed by atoms with Crippen molar-refractivity contribution in [2.75, 3.05) is 26.8 Å². The first-order valence-electron chi connectivity index (χ1n) is 7.26. The average Bonchev–Trinajstić information content (AvgIpc) is 2.33. The van der Waals surface area contributed by atoms with E-state index < -0.39 is 0 Å². The Hall–Kier alpha value is -0.610. The minimum atomic E-state index is 0.0714. The molecule has 0 saturated heterocycles. The molecule has 4 nitrogen and oxygen atoms in total. The van der Waals surface area contributed by atoms with Gasteiger partial charge in [0.2, 0.25) is 5.91 Å². The normalized spacial score (nSPS) is 13.6. The summed E-state index contributed by atoms with van der Waals surface area (Å²) in [5.74, 6) is 0.989. The van der Waals surface area contributed by atoms with Gasteiger partial charge in [0.05, 0.1) is 0 Å². The standard InChI is InChI=1S/C15H32N2O2/c1-12(2)8-13(10-16)9-14(18)17-11-15(3,4)6-7-19-5/h12-13H,6-11,16H2,1-5H3,(H,17,18). The SMILES string of the molecule is COCCC(C)(C)CNC(=O)CC(CN)CC(C)C. The van der Waals surface area contributed by atoms with Crippen molar-refractivity contribution >= 4 is 5.91 Å². The van der Waals surface area contributed by atoms with Crippen LogP contribution < -0.4 is 11.1 Å². The summed E-state index contributed by atoms with van der Waals surface area (Å²) in [6.07, 6.45) is 2.49. The van der Waals surface area contributed by atoms with Crippen molar-refractivity contribution in [3.05, 3.63) is 0 Å². The highest BCUT2D eigenvalue weighted by atomic mass is 16.5. The molecule has 0 fully saturated rings. The van der Waals surface area contributed by atoms with Crippen LogP contribution in [-0.4, -0.2) is 32.7 Å². The van der Waals surface area contributed by atoms with Gasteiger partial charge in [-0.25, -0.2) is 0 Å². The zero-order valence-electron chi connectivity index (χ0n) is 13.3. The highest BCUT2D eigenvalue weighted by Gasteiger charge is 2.20. The Morgan fingerprint density at radius 1 is 1.37 bits per heavy atom. The van der Waals surface area contributed by atoms with E-state index in [4.69, 9.17) is 10.5 Å². The Bertz CT molecular complexity index is 253. The number of nitrogens with one attached hydrogen (secondary N) is 1. The molecule has 0 rings (SSSR count). The highest BCUT2D eigenvalue weighted by Crippen LogP contribution is 2.19. The van der Waals surface area contributed by atoms with Crippen LogP contribution in [0.15, 0.2) is 0 Å². The summed E-state index contributed by atoms with van der Waals surface area (Å²) in [6, 6.07) is 0. The highest BCUT2D eigenvalue weighted by molar-refractivity contribution is 5.76. The topological polar surface area (TPSA) is 64.3 Å². The number of amides is 1. The number of ether oxygens (including phenoxy) is 1. The van der Waals surface area contributed by atoms with Crippen LogP contribution in [0.5, 0.6) is 0 Å². The molecule has 0 aromatic rings. The summed E-state index contributed by atoms with van der Waals surface area (Å²) in [4.78, 5) is 11.9. The first-order chi connectivity index (χ1) is 8.80. The zero-order chi connectivity index (χ0) is 14.9. The molecule has 3 N–H and O–H groups in total. The van der Waals surface area contributed by atoms with E-state index in [9.17, 15) is 4.79 Å². The lowest BCUT2D eigenvalue weighted by molar-refractivity contribution is -0.122. The van der Waals surface area contributed by atoms with E-state index >= 15 is 0 Å². The molecule has 1 amide bonds. The Balaban J connectivity index is 4.02. The van der Waals surface area contributed by atoms with Crippen LogP contribution in [0.3, 0.4) is 0 Å². The van der Waals surface area contributed by atoms with Crippen molar-refractivity contribution in [1.82, 2.24) is 5.32 Å². The lowest BCUT2D eigenvalue weighted by Crippen LogP contribution is -2.36. The van der Waals surface area contributed by atoms with Gasteiger partial charge in [-0.15, -0.1) is 0 Å². The Morgan fingerprint density at radius 3 is 2.47 bits per heavy atom. The fourth-order valence-electron chi connectivity index (χ4n) is 2.07. The second-order valence-electron chi connectivity index (χ2n) is 6.62. The van der Waals surface area contributed by atoms with E-state index in [1.165, 1.54) is 0 Å². The van der Waals surface area contributed by atoms with Gasteiger partial charge in [-0.05, 0) is 36.6 Å². The van der Waals surface area contributed by atoms with Crippen LogP contribution in [-0.2, 0) is 9.53 Å². The number of hydrogen-bond acceptors (Lipinski definition) is 3. The van der Waals surface area contributed by atoms with E-state index in [0.29, 0.717) is 31.3 Å². The third-order valence-corrected chi connectivity index (χ3v) is 3.36. The van der Waals surface area contributed by atoms with Gasteiger partial charge in [-0.2, -0.15) is 0 Å². The Labute approximate surface area is 118 Å². The molecule has 0 saturated carbocycles. The first-order valence-corrected chi connectivity index (χ1v) is 7.26. The van der Waals surface area contributed by atoms with Crippen LogP contribution in [0.1, 0.15) is 47.0 Å². The third kappa shape index (κ3) is 9.91. The van der Waals surface area contributed by atoms with Crippen LogP contribution in [0.4, 0.5) is 0 Å². The zero-order valence-corrected chi connectivity index (χ0v) is 13.3. The predicted octanol–water partition coefficient (Wildman–Crippen LogP) is 2.18. The largest absolute Gasteiger partial charge is 0.385 e. The lowest BCUT2D eigenvalue weighted by atomic mass is 9.89. The maximum absolute atomic E-state index is 11.9. The number of carbonyl (C=O) groups excluding carboxylic acids is 1. The first kappa shape index (κ1) is 18.4. The summed E-state index contributed by atoms with van der Waals surface area (Å²) in [5, 5.41) is 3.02. The third-order valence-electron chi connectivity index (χ3n) is 3.36. The molecule has 1 atom stereocenters. The van der Waals surface area contributed by atoms with E-state index in [0.717, 1.165) is 19.4 Å². The molecule has 0 aromatic heterocycles. The van der Waals surface area contributed by atoms with Gasteiger partial charge < -0.3 is 15.8 Å². The van der Waals surface area contributed by atoms with Crippen molar-refractivity contribution < 1.29 is 9.53 Å². The molecule has 0 heterocycles. The summed E-state index contributed by atoms with van der Waals surface area (Å²) in [5.41, 5.74) is 5.79. The summed E-state index contributed by atoms with van der Waals surface area (Å²) in [6.45, 7) is 10.6. The van der Waals surface area contributed by atoms with Gasteiger partial charge in [0.15, 0.2) is 0 Å². The maximum atomic E-state index is 11.9. The van der Waals surface area contributed by atoms with Gasteiger partial charge in [0, 0.05) is 26.7 Å². The molecule has 0 spiro atoms. The van der Waals surface area contributed by atoms with Gasteiger partial charge in [-0.3, -0.25) is 4.79 Å². The van der Waals surface area contributed by atoms with Crippen molar-refractivity contribution in [2.24, 2.45) is 23.0 Å². The number of rotatable bonds is 10. The Morgan fingerprint density at radius 2 is 2.00 bits per heavy atom. The Kier molecular flexibility index (Phi) is 9.02. The number of nitrogens with two attached hydrogens (primary N) is 1. The lowest BCUT2D eigenvalue weighted by Gasteiger charge is -2.25. The van der Waals surface area contributed by atoms with E-state index in [-0.39, 0.29) is 11.3 Å². The van der Waals surface area contributed by atoms with E-state index in [1.807, 2.05) is 0 Å². The smallest absolute Gasteiger partial charge is 0.220 e. The number of hydrogen-bond donors (Lipinski definition) is 2. The molecule has 4 heteroatoms. The van der Waals surface area contributed by atoms with E-state index in [2.05, 4.69) is 33.0 Å². The van der Waals surface area contributed by atoms with Crippen molar-refractivity contribution in [1.29, 1.82) is 0 Å². The molecular formula is C15H32N2O2. The average molecular weight is 272 g/mol. The number of methoxy groups -OCH3 is 1. The molecule has 19 heavy (non-hydrogen) atoms. The van der Waals surface area contributed by atoms with Gasteiger partial charge >= 0.3 is 0 Å². The van der Waals surface area contributed by atoms with Crippen LogP contribution >= 0.6 is 0 Å². The van der Waals surface area contributed by atoms with Crippen molar-refractivity contribution in [3.8, 4) is 0 Å². The fraction of sp³-hybridized carbons (Fsp3) is 0.933. The molecule has 0 aliphatic rings. The molecule has 0 aliphatic heterocycles. The van der Waals surface area contributed by atoms with Crippen molar-refractivity contribution in [2.45, 2.75) is 47.0 Å². The summed E-state index contributed by atoms with van der Waals surface area (Å²) >= 11 is 0. The van der Waals surface area contributed by atoms with E-state index in [1.54, 1.807) is 7.11 Å². The molecule has 114 valence electrons. The minimum absolute atomic E-state index is 0.0714. The van der Waals surface area contributed by atoms with Gasteiger partial charge in [-0.1, -0.05) is 27.7 Å². The summed E-state index contributed by atoms with van der Waals surface area (Å²) < 4.78 is 5.08. The quantitative estimate of drug-likeness (QED) is 0.640. The molecule has 0 radical (unpaired) electrons. The second kappa shape index (κ2) is 9.32. The molecular weight excluding hydrogens is 240 g/mol. The predicted molar refractivity (Wildman–Crippen MR) is 79.9 cm³/mol. The molecule has 0 bridgehead atoms. The second-order valence-corrected chi connectivity index (χ2v) is 6.62. The van der Waals surface area contributed by atoms with Crippen molar-refractivity contribution in [3.63, 3.8) is 0 Å². The fourth-order valence-corrected chi connectivity index (χ4v) is 2.07. The van der Waals surface area contributed by atoms with Gasteiger partial charge in [0.1, 0.15) is 0 Å². The molecule has 0 aromatic carbocycles. The summed E-state index contributed by atoms with van der Waals surface area (Å²) in [7, 11) is 1.70. The molecule has 0 aliphatic carbocycles.